The van der Waals surface area contributed by atoms with Gasteiger partial charge in [0, 0.05) is 5.69 Å². The lowest BCUT2D eigenvalue weighted by Gasteiger charge is -2.13. The average molecular weight is 262 g/mol. The number of hydrogen-bond donors (Lipinski definition) is 2. The first-order valence-corrected chi connectivity index (χ1v) is 6.09. The van der Waals surface area contributed by atoms with Crippen LogP contribution in [-0.2, 0) is 0 Å². The number of nitrogens with one attached hydrogen (secondary N) is 1. The Kier molecular flexibility index (Phi) is 3.69. The molecule has 100 valence electrons. The van der Waals surface area contributed by atoms with Gasteiger partial charge >= 0.3 is 0 Å². The number of hydrogen-bond acceptors (Lipinski definition) is 2. The van der Waals surface area contributed by atoms with Crippen LogP contribution in [0.3, 0.4) is 0 Å². The Labute approximate surface area is 111 Å². The van der Waals surface area contributed by atoms with Crippen LogP contribution in [0.25, 0.3) is 0 Å². The van der Waals surface area contributed by atoms with E-state index in [2.05, 4.69) is 19.2 Å². The summed E-state index contributed by atoms with van der Waals surface area (Å²) < 4.78 is 26.9. The van der Waals surface area contributed by atoms with Crippen LogP contribution >= 0.6 is 0 Å². The predicted molar refractivity (Wildman–Crippen MR) is 74.6 cm³/mol. The van der Waals surface area contributed by atoms with E-state index in [9.17, 15) is 8.78 Å². The quantitative estimate of drug-likeness (QED) is 0.804. The third-order valence-electron chi connectivity index (χ3n) is 2.95. The molecule has 0 heterocycles. The summed E-state index contributed by atoms with van der Waals surface area (Å²) in [6.45, 7) is 4.13. The smallest absolute Gasteiger partial charge is 0.184 e. The summed E-state index contributed by atoms with van der Waals surface area (Å²) in [6.07, 6.45) is 0. The first-order chi connectivity index (χ1) is 8.99. The second kappa shape index (κ2) is 5.26. The Bertz CT molecular complexity index is 595. The maximum atomic E-state index is 13.7. The molecule has 0 aromatic heterocycles. The molecular weight excluding hydrogens is 246 g/mol. The van der Waals surface area contributed by atoms with Crippen molar-refractivity contribution < 1.29 is 8.78 Å². The van der Waals surface area contributed by atoms with Crippen molar-refractivity contribution in [3.05, 3.63) is 53.6 Å². The first kappa shape index (κ1) is 13.3. The van der Waals surface area contributed by atoms with Gasteiger partial charge in [0.25, 0.3) is 0 Å². The normalized spacial score (nSPS) is 10.8. The van der Waals surface area contributed by atoms with E-state index >= 15 is 0 Å². The van der Waals surface area contributed by atoms with E-state index in [1.165, 1.54) is 6.07 Å². The van der Waals surface area contributed by atoms with Crippen LogP contribution in [0, 0.1) is 11.6 Å². The highest BCUT2D eigenvalue weighted by Crippen LogP contribution is 2.29. The number of benzene rings is 2. The molecule has 2 aromatic rings. The fourth-order valence-corrected chi connectivity index (χ4v) is 1.81. The minimum atomic E-state index is -0.963. The fourth-order valence-electron chi connectivity index (χ4n) is 1.81. The Hall–Kier alpha value is -2.10. The van der Waals surface area contributed by atoms with Gasteiger partial charge in [0.1, 0.15) is 5.69 Å². The van der Waals surface area contributed by atoms with Gasteiger partial charge in [0.05, 0.1) is 5.69 Å². The maximum Gasteiger partial charge on any atom is 0.184 e. The minimum absolute atomic E-state index is 0.0269. The number of rotatable bonds is 3. The van der Waals surface area contributed by atoms with Crippen LogP contribution in [0.5, 0.6) is 0 Å². The zero-order valence-corrected chi connectivity index (χ0v) is 10.9. The van der Waals surface area contributed by atoms with Crippen LogP contribution in [0.4, 0.5) is 25.8 Å². The molecule has 0 aliphatic carbocycles. The van der Waals surface area contributed by atoms with Gasteiger partial charge in [-0.2, -0.15) is 0 Å². The molecule has 2 rings (SSSR count). The van der Waals surface area contributed by atoms with Crippen LogP contribution < -0.4 is 11.1 Å². The van der Waals surface area contributed by atoms with Gasteiger partial charge in [-0.3, -0.25) is 0 Å². The minimum Gasteiger partial charge on any atom is -0.397 e. The van der Waals surface area contributed by atoms with Crippen LogP contribution in [0.2, 0.25) is 0 Å². The van der Waals surface area contributed by atoms with E-state index in [1.807, 2.05) is 18.2 Å². The molecule has 0 atom stereocenters. The molecule has 19 heavy (non-hydrogen) atoms. The van der Waals surface area contributed by atoms with Crippen molar-refractivity contribution in [1.29, 1.82) is 0 Å². The lowest BCUT2D eigenvalue weighted by Crippen LogP contribution is -2.02. The predicted octanol–water partition coefficient (Wildman–Crippen LogP) is 4.41. The number of anilines is 3. The van der Waals surface area contributed by atoms with Gasteiger partial charge in [-0.05, 0) is 35.7 Å². The van der Waals surface area contributed by atoms with Crippen molar-refractivity contribution in [1.82, 2.24) is 0 Å². The zero-order valence-electron chi connectivity index (χ0n) is 10.9. The van der Waals surface area contributed by atoms with Crippen LogP contribution in [-0.4, -0.2) is 0 Å². The van der Waals surface area contributed by atoms with Crippen molar-refractivity contribution >= 4 is 17.1 Å². The summed E-state index contributed by atoms with van der Waals surface area (Å²) in [7, 11) is 0. The molecule has 0 amide bonds. The first-order valence-electron chi connectivity index (χ1n) is 6.09. The van der Waals surface area contributed by atoms with Crippen molar-refractivity contribution in [3.63, 3.8) is 0 Å². The van der Waals surface area contributed by atoms with Gasteiger partial charge in [-0.15, -0.1) is 0 Å². The number of nitrogen functional groups attached to an aromatic ring is 1. The van der Waals surface area contributed by atoms with Gasteiger partial charge in [0.2, 0.25) is 0 Å². The van der Waals surface area contributed by atoms with E-state index in [1.54, 1.807) is 6.07 Å². The fraction of sp³-hybridized carbons (Fsp3) is 0.200. The SMILES string of the molecule is CC(C)c1cccc(Nc2c(N)ccc(F)c2F)c1. The monoisotopic (exact) mass is 262 g/mol. The van der Waals surface area contributed by atoms with Crippen LogP contribution in [0.15, 0.2) is 36.4 Å². The third-order valence-corrected chi connectivity index (χ3v) is 2.95. The summed E-state index contributed by atoms with van der Waals surface area (Å²) in [5.41, 5.74) is 7.61. The van der Waals surface area contributed by atoms with E-state index in [-0.39, 0.29) is 11.4 Å². The Morgan fingerprint density at radius 3 is 2.53 bits per heavy atom. The average Bonchev–Trinajstić information content (AvgIpc) is 2.39. The molecule has 0 aliphatic rings. The highest BCUT2D eigenvalue weighted by Gasteiger charge is 2.12. The molecule has 4 heteroatoms. The highest BCUT2D eigenvalue weighted by atomic mass is 19.2. The summed E-state index contributed by atoms with van der Waals surface area (Å²) in [4.78, 5) is 0. The molecule has 0 aliphatic heterocycles. The standard InChI is InChI=1S/C15H16F2N2/c1-9(2)10-4-3-5-11(8-10)19-15-13(18)7-6-12(16)14(15)17/h3-9,19H,18H2,1-2H3. The third kappa shape index (κ3) is 2.84. The van der Waals surface area contributed by atoms with Gasteiger partial charge in [-0.25, -0.2) is 8.78 Å². The lowest BCUT2D eigenvalue weighted by molar-refractivity contribution is 0.512. The summed E-state index contributed by atoms with van der Waals surface area (Å²) in [5, 5.41) is 2.84. The molecular formula is C15H16F2N2. The number of halogens is 2. The summed E-state index contributed by atoms with van der Waals surface area (Å²) >= 11 is 0. The van der Waals surface area contributed by atoms with Gasteiger partial charge in [0.15, 0.2) is 11.6 Å². The summed E-state index contributed by atoms with van der Waals surface area (Å²) in [5.74, 6) is -1.52. The lowest BCUT2D eigenvalue weighted by atomic mass is 10.0. The molecule has 2 nitrogen and oxygen atoms in total. The Morgan fingerprint density at radius 1 is 1.11 bits per heavy atom. The maximum absolute atomic E-state index is 13.7. The Morgan fingerprint density at radius 2 is 1.84 bits per heavy atom. The van der Waals surface area contributed by atoms with E-state index < -0.39 is 11.6 Å². The zero-order chi connectivity index (χ0) is 14.0. The Balaban J connectivity index is 2.36. The van der Waals surface area contributed by atoms with E-state index in [0.29, 0.717) is 11.6 Å². The highest BCUT2D eigenvalue weighted by molar-refractivity contribution is 5.73. The molecule has 0 bridgehead atoms. The van der Waals surface area contributed by atoms with Gasteiger partial charge < -0.3 is 11.1 Å². The van der Waals surface area contributed by atoms with Crippen LogP contribution in [0.1, 0.15) is 25.3 Å². The molecule has 2 aromatic carbocycles. The number of nitrogens with two attached hydrogens (primary N) is 1. The molecule has 0 spiro atoms. The van der Waals surface area contributed by atoms with Crippen molar-refractivity contribution in [2.45, 2.75) is 19.8 Å². The van der Waals surface area contributed by atoms with Crippen molar-refractivity contribution in [2.24, 2.45) is 0 Å². The molecule has 0 radical (unpaired) electrons. The van der Waals surface area contributed by atoms with Crippen molar-refractivity contribution in [3.8, 4) is 0 Å². The summed E-state index contributed by atoms with van der Waals surface area (Å²) in [6, 6.07) is 9.89. The molecule has 0 unspecified atom stereocenters. The van der Waals surface area contributed by atoms with E-state index in [4.69, 9.17) is 5.73 Å². The second-order valence-electron chi connectivity index (χ2n) is 4.73. The van der Waals surface area contributed by atoms with E-state index in [0.717, 1.165) is 11.6 Å². The van der Waals surface area contributed by atoms with Crippen molar-refractivity contribution in [2.75, 3.05) is 11.1 Å². The van der Waals surface area contributed by atoms with Gasteiger partial charge in [-0.1, -0.05) is 26.0 Å². The molecule has 0 fully saturated rings. The second-order valence-corrected chi connectivity index (χ2v) is 4.73. The molecule has 0 saturated heterocycles. The largest absolute Gasteiger partial charge is 0.397 e. The topological polar surface area (TPSA) is 38.0 Å². The molecule has 0 saturated carbocycles. The molecule has 3 N–H and O–H groups in total.